The molecule has 0 aromatic heterocycles. The SMILES string of the molecule is O=C(NCCc1ccccc1)N1CCN(CCCc2ccccc2)CC1. The van der Waals surface area contributed by atoms with Crippen LogP contribution in [-0.2, 0) is 12.8 Å². The largest absolute Gasteiger partial charge is 0.338 e. The topological polar surface area (TPSA) is 35.6 Å². The van der Waals surface area contributed by atoms with Gasteiger partial charge in [-0.1, -0.05) is 60.7 Å². The van der Waals surface area contributed by atoms with Crippen LogP contribution in [-0.4, -0.2) is 55.1 Å². The van der Waals surface area contributed by atoms with E-state index in [-0.39, 0.29) is 6.03 Å². The van der Waals surface area contributed by atoms with Crippen molar-refractivity contribution < 1.29 is 4.79 Å². The smallest absolute Gasteiger partial charge is 0.317 e. The van der Waals surface area contributed by atoms with Gasteiger partial charge in [-0.2, -0.15) is 0 Å². The normalized spacial score (nSPS) is 15.0. The van der Waals surface area contributed by atoms with Crippen molar-refractivity contribution in [2.75, 3.05) is 39.3 Å². The highest BCUT2D eigenvalue weighted by Crippen LogP contribution is 2.07. The van der Waals surface area contributed by atoms with Crippen molar-refractivity contribution >= 4 is 6.03 Å². The van der Waals surface area contributed by atoms with Crippen molar-refractivity contribution in [3.8, 4) is 0 Å². The molecule has 1 fully saturated rings. The van der Waals surface area contributed by atoms with Gasteiger partial charge in [0.2, 0.25) is 0 Å². The number of amides is 2. The Labute approximate surface area is 156 Å². The minimum atomic E-state index is 0.0740. The van der Waals surface area contributed by atoms with Crippen LogP contribution in [0.3, 0.4) is 0 Å². The maximum atomic E-state index is 12.3. The van der Waals surface area contributed by atoms with Crippen molar-refractivity contribution in [2.24, 2.45) is 0 Å². The molecular formula is C22H29N3O. The fourth-order valence-corrected chi connectivity index (χ4v) is 3.40. The summed E-state index contributed by atoms with van der Waals surface area (Å²) in [6, 6.07) is 21.0. The summed E-state index contributed by atoms with van der Waals surface area (Å²) >= 11 is 0. The van der Waals surface area contributed by atoms with Gasteiger partial charge in [-0.15, -0.1) is 0 Å². The Kier molecular flexibility index (Phi) is 7.08. The van der Waals surface area contributed by atoms with Crippen LogP contribution in [0.5, 0.6) is 0 Å². The Morgan fingerprint density at radius 1 is 0.808 bits per heavy atom. The number of hydrogen-bond acceptors (Lipinski definition) is 2. The highest BCUT2D eigenvalue weighted by molar-refractivity contribution is 5.74. The van der Waals surface area contributed by atoms with Crippen LogP contribution in [0.15, 0.2) is 60.7 Å². The van der Waals surface area contributed by atoms with Crippen LogP contribution in [0.4, 0.5) is 4.79 Å². The molecule has 0 spiro atoms. The standard InChI is InChI=1S/C22H29N3O/c26-22(23-14-13-21-10-5-2-6-11-21)25-18-16-24(17-19-25)15-7-12-20-8-3-1-4-9-20/h1-6,8-11H,7,12-19H2,(H,23,26). The number of benzene rings is 2. The molecule has 26 heavy (non-hydrogen) atoms. The molecule has 4 nitrogen and oxygen atoms in total. The number of carbonyl (C=O) groups excluding carboxylic acids is 1. The first-order chi connectivity index (χ1) is 12.8. The summed E-state index contributed by atoms with van der Waals surface area (Å²) in [6.45, 7) is 5.39. The van der Waals surface area contributed by atoms with Gasteiger partial charge in [0.25, 0.3) is 0 Å². The number of nitrogens with one attached hydrogen (secondary N) is 1. The van der Waals surface area contributed by atoms with E-state index in [0.717, 1.165) is 45.6 Å². The van der Waals surface area contributed by atoms with E-state index in [1.165, 1.54) is 17.5 Å². The molecule has 0 aliphatic carbocycles. The van der Waals surface area contributed by atoms with E-state index < -0.39 is 0 Å². The second kappa shape index (κ2) is 9.97. The van der Waals surface area contributed by atoms with Crippen LogP contribution in [0.1, 0.15) is 17.5 Å². The van der Waals surface area contributed by atoms with Crippen molar-refractivity contribution in [1.82, 2.24) is 15.1 Å². The fourth-order valence-electron chi connectivity index (χ4n) is 3.40. The molecule has 0 bridgehead atoms. The van der Waals surface area contributed by atoms with E-state index in [9.17, 15) is 4.79 Å². The number of piperazine rings is 1. The molecule has 0 saturated carbocycles. The van der Waals surface area contributed by atoms with Crippen LogP contribution in [0.25, 0.3) is 0 Å². The lowest BCUT2D eigenvalue weighted by atomic mass is 10.1. The molecule has 1 aliphatic rings. The molecule has 2 aromatic rings. The van der Waals surface area contributed by atoms with Crippen LogP contribution in [0, 0.1) is 0 Å². The molecule has 0 radical (unpaired) electrons. The minimum Gasteiger partial charge on any atom is -0.338 e. The predicted octanol–water partition coefficient (Wildman–Crippen LogP) is 3.19. The molecule has 1 N–H and O–H groups in total. The second-order valence-electron chi connectivity index (χ2n) is 6.89. The molecule has 0 atom stereocenters. The van der Waals surface area contributed by atoms with Crippen LogP contribution < -0.4 is 5.32 Å². The number of carbonyl (C=O) groups is 1. The van der Waals surface area contributed by atoms with E-state index >= 15 is 0 Å². The zero-order valence-corrected chi connectivity index (χ0v) is 15.4. The third-order valence-corrected chi connectivity index (χ3v) is 4.97. The van der Waals surface area contributed by atoms with E-state index in [0.29, 0.717) is 6.54 Å². The van der Waals surface area contributed by atoms with Gasteiger partial charge in [0.15, 0.2) is 0 Å². The van der Waals surface area contributed by atoms with E-state index in [1.54, 1.807) is 0 Å². The number of nitrogens with zero attached hydrogens (tertiary/aromatic N) is 2. The summed E-state index contributed by atoms with van der Waals surface area (Å²) in [5, 5.41) is 3.05. The van der Waals surface area contributed by atoms with Gasteiger partial charge in [0.05, 0.1) is 0 Å². The highest BCUT2D eigenvalue weighted by atomic mass is 16.2. The van der Waals surface area contributed by atoms with Crippen molar-refractivity contribution in [3.63, 3.8) is 0 Å². The fraction of sp³-hybridized carbons (Fsp3) is 0.409. The summed E-state index contributed by atoms with van der Waals surface area (Å²) in [4.78, 5) is 16.7. The third kappa shape index (κ3) is 5.88. The average Bonchev–Trinajstić information content (AvgIpc) is 2.70. The van der Waals surface area contributed by atoms with Gasteiger partial charge in [-0.05, 0) is 36.9 Å². The number of rotatable bonds is 7. The Balaban J connectivity index is 1.29. The quantitative estimate of drug-likeness (QED) is 0.831. The van der Waals surface area contributed by atoms with Gasteiger partial charge in [0.1, 0.15) is 0 Å². The molecule has 3 rings (SSSR count). The van der Waals surface area contributed by atoms with Crippen molar-refractivity contribution in [1.29, 1.82) is 0 Å². The van der Waals surface area contributed by atoms with Gasteiger partial charge >= 0.3 is 6.03 Å². The van der Waals surface area contributed by atoms with Gasteiger partial charge in [-0.25, -0.2) is 4.79 Å². The zero-order valence-electron chi connectivity index (χ0n) is 15.4. The first kappa shape index (κ1) is 18.5. The highest BCUT2D eigenvalue weighted by Gasteiger charge is 2.20. The Bertz CT molecular complexity index is 652. The maximum absolute atomic E-state index is 12.3. The summed E-state index contributed by atoms with van der Waals surface area (Å²) < 4.78 is 0. The van der Waals surface area contributed by atoms with Gasteiger partial charge < -0.3 is 10.2 Å². The third-order valence-electron chi connectivity index (χ3n) is 4.97. The van der Waals surface area contributed by atoms with Crippen molar-refractivity contribution in [3.05, 3.63) is 71.8 Å². The van der Waals surface area contributed by atoms with E-state index in [1.807, 2.05) is 23.1 Å². The number of urea groups is 1. The zero-order chi connectivity index (χ0) is 18.0. The predicted molar refractivity (Wildman–Crippen MR) is 106 cm³/mol. The molecule has 2 aromatic carbocycles. The van der Waals surface area contributed by atoms with Gasteiger partial charge in [0, 0.05) is 32.7 Å². The van der Waals surface area contributed by atoms with Gasteiger partial charge in [-0.3, -0.25) is 4.90 Å². The number of hydrogen-bond donors (Lipinski definition) is 1. The lowest BCUT2D eigenvalue weighted by molar-refractivity contribution is 0.138. The molecule has 2 amide bonds. The van der Waals surface area contributed by atoms with Crippen molar-refractivity contribution in [2.45, 2.75) is 19.3 Å². The summed E-state index contributed by atoms with van der Waals surface area (Å²) in [7, 11) is 0. The lowest BCUT2D eigenvalue weighted by Gasteiger charge is -2.34. The number of aryl methyl sites for hydroxylation is 1. The molecular weight excluding hydrogens is 322 g/mol. The van der Waals surface area contributed by atoms with E-state index in [4.69, 9.17) is 0 Å². The molecule has 138 valence electrons. The Morgan fingerprint density at radius 2 is 1.38 bits per heavy atom. The molecule has 0 unspecified atom stereocenters. The Morgan fingerprint density at radius 3 is 2.00 bits per heavy atom. The molecule has 1 saturated heterocycles. The lowest BCUT2D eigenvalue weighted by Crippen LogP contribution is -2.52. The summed E-state index contributed by atoms with van der Waals surface area (Å²) in [5.74, 6) is 0. The molecule has 1 heterocycles. The first-order valence-electron chi connectivity index (χ1n) is 9.64. The summed E-state index contributed by atoms with van der Waals surface area (Å²) in [6.07, 6.45) is 3.18. The minimum absolute atomic E-state index is 0.0740. The maximum Gasteiger partial charge on any atom is 0.317 e. The molecule has 1 aliphatic heterocycles. The average molecular weight is 351 g/mol. The monoisotopic (exact) mass is 351 g/mol. The van der Waals surface area contributed by atoms with E-state index in [2.05, 4.69) is 52.7 Å². The second-order valence-corrected chi connectivity index (χ2v) is 6.89. The molecule has 4 heteroatoms. The first-order valence-corrected chi connectivity index (χ1v) is 9.64. The van der Waals surface area contributed by atoms with Crippen LogP contribution >= 0.6 is 0 Å². The van der Waals surface area contributed by atoms with Crippen LogP contribution in [0.2, 0.25) is 0 Å². The Hall–Kier alpha value is -2.33. The summed E-state index contributed by atoms with van der Waals surface area (Å²) in [5.41, 5.74) is 2.67.